The van der Waals surface area contributed by atoms with Gasteiger partial charge in [0.2, 0.25) is 0 Å². The molecule has 0 unspecified atom stereocenters. The zero-order valence-corrected chi connectivity index (χ0v) is 7.60. The van der Waals surface area contributed by atoms with Crippen LogP contribution >= 0.6 is 0 Å². The van der Waals surface area contributed by atoms with E-state index in [1.807, 2.05) is 27.7 Å². The molecule has 0 radical (unpaired) electrons. The van der Waals surface area contributed by atoms with Crippen molar-refractivity contribution >= 4 is 0 Å². The Morgan fingerprint density at radius 3 is 2.10 bits per heavy atom. The molecule has 0 amide bonds. The SMILES string of the molecule is COC(C)(C)COC(C)C. The van der Waals surface area contributed by atoms with E-state index in [2.05, 4.69) is 0 Å². The number of rotatable bonds is 4. The molecule has 0 rings (SSSR count). The number of hydrogen-bond donors (Lipinski definition) is 0. The lowest BCUT2D eigenvalue weighted by Gasteiger charge is -2.23. The van der Waals surface area contributed by atoms with Gasteiger partial charge in [-0.05, 0) is 27.7 Å². The summed E-state index contributed by atoms with van der Waals surface area (Å²) < 4.78 is 10.5. The molecular formula is C8H18O2. The first kappa shape index (κ1) is 9.92. The van der Waals surface area contributed by atoms with Crippen LogP contribution in [0.25, 0.3) is 0 Å². The Hall–Kier alpha value is -0.0800. The van der Waals surface area contributed by atoms with Gasteiger partial charge in [-0.1, -0.05) is 0 Å². The minimum atomic E-state index is -0.149. The molecule has 0 aliphatic heterocycles. The van der Waals surface area contributed by atoms with Crippen LogP contribution in [-0.4, -0.2) is 25.4 Å². The number of hydrogen-bond acceptors (Lipinski definition) is 2. The van der Waals surface area contributed by atoms with Gasteiger partial charge in [-0.25, -0.2) is 0 Å². The van der Waals surface area contributed by atoms with Crippen LogP contribution in [0, 0.1) is 0 Å². The highest BCUT2D eigenvalue weighted by atomic mass is 16.5. The van der Waals surface area contributed by atoms with Crippen molar-refractivity contribution in [3.8, 4) is 0 Å². The quantitative estimate of drug-likeness (QED) is 0.602. The summed E-state index contributed by atoms with van der Waals surface area (Å²) >= 11 is 0. The summed E-state index contributed by atoms with van der Waals surface area (Å²) in [6, 6.07) is 0. The predicted molar refractivity (Wildman–Crippen MR) is 42.2 cm³/mol. The van der Waals surface area contributed by atoms with E-state index in [0.29, 0.717) is 6.61 Å². The third-order valence-electron chi connectivity index (χ3n) is 1.32. The number of ether oxygens (including phenoxy) is 2. The molecule has 0 aromatic rings. The van der Waals surface area contributed by atoms with E-state index < -0.39 is 0 Å². The first-order valence-corrected chi connectivity index (χ1v) is 3.65. The zero-order valence-electron chi connectivity index (χ0n) is 7.60. The van der Waals surface area contributed by atoms with E-state index in [-0.39, 0.29) is 11.7 Å². The molecule has 0 saturated carbocycles. The van der Waals surface area contributed by atoms with Crippen molar-refractivity contribution in [2.45, 2.75) is 39.4 Å². The van der Waals surface area contributed by atoms with Gasteiger partial charge in [0, 0.05) is 7.11 Å². The summed E-state index contributed by atoms with van der Waals surface area (Å²) in [7, 11) is 1.70. The van der Waals surface area contributed by atoms with E-state index in [1.54, 1.807) is 7.11 Å². The lowest BCUT2D eigenvalue weighted by molar-refractivity contribution is -0.0670. The lowest BCUT2D eigenvalue weighted by Crippen LogP contribution is -2.30. The molecule has 0 aromatic carbocycles. The van der Waals surface area contributed by atoms with Crippen LogP contribution in [0.15, 0.2) is 0 Å². The van der Waals surface area contributed by atoms with E-state index in [4.69, 9.17) is 9.47 Å². The third-order valence-corrected chi connectivity index (χ3v) is 1.32. The molecule has 0 heterocycles. The topological polar surface area (TPSA) is 18.5 Å². The van der Waals surface area contributed by atoms with Gasteiger partial charge in [0.25, 0.3) is 0 Å². The van der Waals surface area contributed by atoms with Crippen LogP contribution < -0.4 is 0 Å². The molecule has 62 valence electrons. The van der Waals surface area contributed by atoms with Gasteiger partial charge >= 0.3 is 0 Å². The minimum absolute atomic E-state index is 0.149. The summed E-state index contributed by atoms with van der Waals surface area (Å²) in [6.07, 6.45) is 0.287. The molecule has 0 aliphatic rings. The van der Waals surface area contributed by atoms with Crippen LogP contribution in [0.3, 0.4) is 0 Å². The Balaban J connectivity index is 3.46. The van der Waals surface area contributed by atoms with Crippen molar-refractivity contribution in [1.29, 1.82) is 0 Å². The van der Waals surface area contributed by atoms with Gasteiger partial charge in [0.15, 0.2) is 0 Å². The van der Waals surface area contributed by atoms with Crippen molar-refractivity contribution in [3.05, 3.63) is 0 Å². The first-order chi connectivity index (χ1) is 4.48. The largest absolute Gasteiger partial charge is 0.376 e. The summed E-state index contributed by atoms with van der Waals surface area (Å²) in [5.41, 5.74) is -0.149. The summed E-state index contributed by atoms with van der Waals surface area (Å²) in [6.45, 7) is 8.71. The predicted octanol–water partition coefficient (Wildman–Crippen LogP) is 1.84. The molecular weight excluding hydrogens is 128 g/mol. The monoisotopic (exact) mass is 146 g/mol. The molecule has 0 aliphatic carbocycles. The Kier molecular flexibility index (Phi) is 3.91. The van der Waals surface area contributed by atoms with Crippen molar-refractivity contribution in [2.24, 2.45) is 0 Å². The zero-order chi connectivity index (χ0) is 8.20. The Morgan fingerprint density at radius 2 is 1.80 bits per heavy atom. The van der Waals surface area contributed by atoms with E-state index >= 15 is 0 Å². The smallest absolute Gasteiger partial charge is 0.0855 e. The van der Waals surface area contributed by atoms with Gasteiger partial charge < -0.3 is 9.47 Å². The molecule has 2 heteroatoms. The second kappa shape index (κ2) is 3.94. The molecule has 0 N–H and O–H groups in total. The van der Waals surface area contributed by atoms with E-state index in [0.717, 1.165) is 0 Å². The maximum atomic E-state index is 5.37. The molecule has 2 nitrogen and oxygen atoms in total. The average molecular weight is 146 g/mol. The minimum Gasteiger partial charge on any atom is -0.376 e. The lowest BCUT2D eigenvalue weighted by atomic mass is 10.1. The fourth-order valence-electron chi connectivity index (χ4n) is 0.426. The molecule has 0 bridgehead atoms. The highest BCUT2D eigenvalue weighted by Crippen LogP contribution is 2.08. The highest BCUT2D eigenvalue weighted by molar-refractivity contribution is 4.66. The van der Waals surface area contributed by atoms with Gasteiger partial charge in [-0.2, -0.15) is 0 Å². The fraction of sp³-hybridized carbons (Fsp3) is 1.00. The van der Waals surface area contributed by atoms with Crippen LogP contribution in [0.5, 0.6) is 0 Å². The maximum absolute atomic E-state index is 5.37. The highest BCUT2D eigenvalue weighted by Gasteiger charge is 2.16. The Bertz CT molecular complexity index is 87.3. The summed E-state index contributed by atoms with van der Waals surface area (Å²) in [4.78, 5) is 0. The number of methoxy groups -OCH3 is 1. The third kappa shape index (κ3) is 4.77. The molecule has 0 spiro atoms. The molecule has 0 aromatic heterocycles. The van der Waals surface area contributed by atoms with Gasteiger partial charge in [0.05, 0.1) is 18.3 Å². The average Bonchev–Trinajstić information content (AvgIpc) is 1.85. The van der Waals surface area contributed by atoms with Crippen molar-refractivity contribution in [1.82, 2.24) is 0 Å². The van der Waals surface area contributed by atoms with Gasteiger partial charge in [-0.15, -0.1) is 0 Å². The summed E-state index contributed by atoms with van der Waals surface area (Å²) in [5, 5.41) is 0. The first-order valence-electron chi connectivity index (χ1n) is 3.65. The molecule has 0 saturated heterocycles. The van der Waals surface area contributed by atoms with E-state index in [1.165, 1.54) is 0 Å². The Labute approximate surface area is 63.5 Å². The van der Waals surface area contributed by atoms with Gasteiger partial charge in [-0.3, -0.25) is 0 Å². The fourth-order valence-corrected chi connectivity index (χ4v) is 0.426. The van der Waals surface area contributed by atoms with Crippen LogP contribution in [0.4, 0.5) is 0 Å². The normalized spacial score (nSPS) is 12.6. The Morgan fingerprint density at radius 1 is 1.30 bits per heavy atom. The molecule has 0 fully saturated rings. The molecule has 0 atom stereocenters. The van der Waals surface area contributed by atoms with Gasteiger partial charge in [0.1, 0.15) is 0 Å². The second-order valence-corrected chi connectivity index (χ2v) is 3.32. The van der Waals surface area contributed by atoms with Crippen LogP contribution in [0.1, 0.15) is 27.7 Å². The standard InChI is InChI=1S/C8H18O2/c1-7(2)10-6-8(3,4)9-5/h7H,6H2,1-5H3. The summed E-state index contributed by atoms with van der Waals surface area (Å²) in [5.74, 6) is 0. The van der Waals surface area contributed by atoms with Crippen molar-refractivity contribution in [3.63, 3.8) is 0 Å². The van der Waals surface area contributed by atoms with E-state index in [9.17, 15) is 0 Å². The van der Waals surface area contributed by atoms with Crippen molar-refractivity contribution in [2.75, 3.05) is 13.7 Å². The second-order valence-electron chi connectivity index (χ2n) is 3.32. The van der Waals surface area contributed by atoms with Crippen LogP contribution in [0.2, 0.25) is 0 Å². The maximum Gasteiger partial charge on any atom is 0.0855 e. The van der Waals surface area contributed by atoms with Crippen LogP contribution in [-0.2, 0) is 9.47 Å². The molecule has 10 heavy (non-hydrogen) atoms. The van der Waals surface area contributed by atoms with Crippen molar-refractivity contribution < 1.29 is 9.47 Å².